The molecule has 1 N–H and O–H groups in total. The predicted octanol–water partition coefficient (Wildman–Crippen LogP) is 4.33. The third-order valence-electron chi connectivity index (χ3n) is 5.51. The maximum atomic E-state index is 10.3. The summed E-state index contributed by atoms with van der Waals surface area (Å²) in [6.07, 6.45) is -2.19. The number of halogens is 1. The normalized spacial score (nSPS) is 24.1. The fourth-order valence-corrected chi connectivity index (χ4v) is 4.25. The van der Waals surface area contributed by atoms with Gasteiger partial charge < -0.3 is 19.3 Å². The first-order chi connectivity index (χ1) is 14.7. The second kappa shape index (κ2) is 9.29. The molecule has 1 fully saturated rings. The summed E-state index contributed by atoms with van der Waals surface area (Å²) in [5.74, 6) is 0. The lowest BCUT2D eigenvalue weighted by Crippen LogP contribution is -2.38. The number of methoxy groups -OCH3 is 1. The first-order valence-corrected chi connectivity index (χ1v) is 10.4. The molecule has 0 aliphatic carbocycles. The van der Waals surface area contributed by atoms with Crippen molar-refractivity contribution in [2.45, 2.75) is 29.5 Å². The van der Waals surface area contributed by atoms with E-state index in [1.54, 1.807) is 0 Å². The number of hydrogen-bond donors (Lipinski definition) is 1. The third-order valence-corrected chi connectivity index (χ3v) is 6.05. The van der Waals surface area contributed by atoms with Crippen LogP contribution < -0.4 is 0 Å². The summed E-state index contributed by atoms with van der Waals surface area (Å²) in [6, 6.07) is 30.3. The SMILES string of the molecule is CO[C@H]1O[C@H](COC(c2ccccc2)(c2ccccc2)c2ccccc2)[C@H](Cl)[C@H]1O. The predicted molar refractivity (Wildman–Crippen MR) is 116 cm³/mol. The van der Waals surface area contributed by atoms with Crippen LogP contribution in [0.4, 0.5) is 0 Å². The van der Waals surface area contributed by atoms with Crippen molar-refractivity contribution in [3.63, 3.8) is 0 Å². The average Bonchev–Trinajstić information content (AvgIpc) is 3.09. The average molecular weight is 425 g/mol. The maximum absolute atomic E-state index is 10.3. The van der Waals surface area contributed by atoms with Crippen LogP contribution in [0.5, 0.6) is 0 Å². The van der Waals surface area contributed by atoms with Crippen LogP contribution >= 0.6 is 11.6 Å². The minimum Gasteiger partial charge on any atom is -0.386 e. The van der Waals surface area contributed by atoms with E-state index in [9.17, 15) is 5.11 Å². The molecule has 1 aliphatic rings. The minimum absolute atomic E-state index is 0.184. The van der Waals surface area contributed by atoms with Gasteiger partial charge in [-0.05, 0) is 16.7 Å². The highest BCUT2D eigenvalue weighted by Gasteiger charge is 2.45. The van der Waals surface area contributed by atoms with Crippen molar-refractivity contribution in [2.75, 3.05) is 13.7 Å². The summed E-state index contributed by atoms with van der Waals surface area (Å²) < 4.78 is 17.7. The fourth-order valence-electron chi connectivity index (χ4n) is 4.00. The van der Waals surface area contributed by atoms with E-state index in [1.165, 1.54) is 7.11 Å². The van der Waals surface area contributed by atoms with E-state index in [-0.39, 0.29) is 6.61 Å². The topological polar surface area (TPSA) is 47.9 Å². The van der Waals surface area contributed by atoms with Crippen molar-refractivity contribution in [1.29, 1.82) is 0 Å². The molecule has 0 spiro atoms. The molecule has 3 aromatic rings. The number of hydrogen-bond acceptors (Lipinski definition) is 4. The second-order valence-corrected chi connectivity index (χ2v) is 7.81. The van der Waals surface area contributed by atoms with Gasteiger partial charge in [-0.25, -0.2) is 0 Å². The van der Waals surface area contributed by atoms with E-state index < -0.39 is 29.5 Å². The molecule has 0 bridgehead atoms. The van der Waals surface area contributed by atoms with Crippen LogP contribution in [0.2, 0.25) is 0 Å². The highest BCUT2D eigenvalue weighted by Crippen LogP contribution is 2.41. The molecule has 1 saturated heterocycles. The Morgan fingerprint density at radius 3 is 1.63 bits per heavy atom. The number of ether oxygens (including phenoxy) is 3. The number of rotatable bonds is 7. The highest BCUT2D eigenvalue weighted by atomic mass is 35.5. The Morgan fingerprint density at radius 2 is 1.27 bits per heavy atom. The van der Waals surface area contributed by atoms with Gasteiger partial charge in [0.05, 0.1) is 12.0 Å². The zero-order valence-electron chi connectivity index (χ0n) is 16.7. The number of aliphatic hydroxyl groups is 1. The molecule has 5 heteroatoms. The van der Waals surface area contributed by atoms with Crippen LogP contribution in [0.1, 0.15) is 16.7 Å². The van der Waals surface area contributed by atoms with Gasteiger partial charge in [0.15, 0.2) is 6.29 Å². The van der Waals surface area contributed by atoms with Gasteiger partial charge in [0.2, 0.25) is 0 Å². The summed E-state index contributed by atoms with van der Waals surface area (Å²) in [4.78, 5) is 0. The van der Waals surface area contributed by atoms with E-state index in [0.29, 0.717) is 0 Å². The summed E-state index contributed by atoms with van der Waals surface area (Å²) in [5.41, 5.74) is 2.13. The summed E-state index contributed by atoms with van der Waals surface area (Å²) in [7, 11) is 1.49. The lowest BCUT2D eigenvalue weighted by molar-refractivity contribution is -0.162. The molecule has 3 aromatic carbocycles. The van der Waals surface area contributed by atoms with E-state index in [4.69, 9.17) is 25.8 Å². The highest BCUT2D eigenvalue weighted by molar-refractivity contribution is 6.21. The zero-order valence-corrected chi connectivity index (χ0v) is 17.5. The molecule has 4 atom stereocenters. The Hall–Kier alpha value is -2.21. The molecule has 156 valence electrons. The summed E-state index contributed by atoms with van der Waals surface area (Å²) in [5, 5.41) is 9.64. The van der Waals surface area contributed by atoms with E-state index >= 15 is 0 Å². The third kappa shape index (κ3) is 3.89. The number of alkyl halides is 1. The van der Waals surface area contributed by atoms with Crippen LogP contribution in [-0.2, 0) is 19.8 Å². The van der Waals surface area contributed by atoms with Gasteiger partial charge in [0.1, 0.15) is 17.8 Å². The molecule has 1 aliphatic heterocycles. The zero-order chi connectivity index (χ0) is 21.0. The van der Waals surface area contributed by atoms with Crippen LogP contribution in [0, 0.1) is 0 Å². The molecule has 1 heterocycles. The molecule has 30 heavy (non-hydrogen) atoms. The van der Waals surface area contributed by atoms with Crippen LogP contribution in [0.25, 0.3) is 0 Å². The van der Waals surface area contributed by atoms with Gasteiger partial charge in [-0.15, -0.1) is 11.6 Å². The molecule has 0 aromatic heterocycles. The molecule has 0 radical (unpaired) electrons. The largest absolute Gasteiger partial charge is 0.386 e. The van der Waals surface area contributed by atoms with Crippen molar-refractivity contribution in [2.24, 2.45) is 0 Å². The van der Waals surface area contributed by atoms with E-state index in [2.05, 4.69) is 36.4 Å². The molecule has 4 nitrogen and oxygen atoms in total. The standard InChI is InChI=1S/C25H25ClO4/c1-28-24-23(27)22(26)21(30-24)17-29-25(18-11-5-2-6-12-18,19-13-7-3-8-14-19)20-15-9-4-10-16-20/h2-16,21-24,27H,17H2,1H3/t21-,22+,23-,24+/m1/s1. The van der Waals surface area contributed by atoms with Crippen LogP contribution in [-0.4, -0.2) is 42.7 Å². The Bertz CT molecular complexity index is 823. The number of benzene rings is 3. The van der Waals surface area contributed by atoms with Crippen LogP contribution in [0.15, 0.2) is 91.0 Å². The summed E-state index contributed by atoms with van der Waals surface area (Å²) in [6.45, 7) is 0.184. The monoisotopic (exact) mass is 424 g/mol. The lowest BCUT2D eigenvalue weighted by Gasteiger charge is -2.37. The molecular formula is C25H25ClO4. The first-order valence-electron chi connectivity index (χ1n) is 9.97. The van der Waals surface area contributed by atoms with Crippen molar-refractivity contribution in [3.05, 3.63) is 108 Å². The fraction of sp³-hybridized carbons (Fsp3) is 0.280. The van der Waals surface area contributed by atoms with Gasteiger partial charge in [-0.3, -0.25) is 0 Å². The van der Waals surface area contributed by atoms with E-state index in [1.807, 2.05) is 54.6 Å². The quantitative estimate of drug-likeness (QED) is 0.453. The smallest absolute Gasteiger partial charge is 0.185 e. The number of aliphatic hydroxyl groups excluding tert-OH is 1. The van der Waals surface area contributed by atoms with Crippen molar-refractivity contribution in [3.8, 4) is 0 Å². The minimum atomic E-state index is -0.912. The Labute approximate surface area is 182 Å². The van der Waals surface area contributed by atoms with Gasteiger partial charge in [-0.1, -0.05) is 91.0 Å². The van der Waals surface area contributed by atoms with Gasteiger partial charge >= 0.3 is 0 Å². The molecule has 0 amide bonds. The van der Waals surface area contributed by atoms with Crippen molar-refractivity contribution < 1.29 is 19.3 Å². The first kappa shape index (κ1) is 21.0. The summed E-state index contributed by atoms with van der Waals surface area (Å²) >= 11 is 6.43. The lowest BCUT2D eigenvalue weighted by atomic mass is 9.80. The Balaban J connectivity index is 1.78. The molecular weight excluding hydrogens is 400 g/mol. The second-order valence-electron chi connectivity index (χ2n) is 7.30. The Morgan fingerprint density at radius 1 is 0.833 bits per heavy atom. The molecule has 0 saturated carbocycles. The van der Waals surface area contributed by atoms with Gasteiger partial charge in [0, 0.05) is 7.11 Å². The van der Waals surface area contributed by atoms with Crippen molar-refractivity contribution in [1.82, 2.24) is 0 Å². The molecule has 4 rings (SSSR count). The van der Waals surface area contributed by atoms with Gasteiger partial charge in [-0.2, -0.15) is 0 Å². The van der Waals surface area contributed by atoms with Gasteiger partial charge in [0.25, 0.3) is 0 Å². The van der Waals surface area contributed by atoms with Crippen molar-refractivity contribution >= 4 is 11.6 Å². The van der Waals surface area contributed by atoms with Crippen LogP contribution in [0.3, 0.4) is 0 Å². The maximum Gasteiger partial charge on any atom is 0.185 e. The molecule has 0 unspecified atom stereocenters. The van der Waals surface area contributed by atoms with E-state index in [0.717, 1.165) is 16.7 Å². The Kier molecular flexibility index (Phi) is 6.52.